The van der Waals surface area contributed by atoms with E-state index in [-0.39, 0.29) is 29.3 Å². The number of carbonyl (C=O) groups is 2. The topological polar surface area (TPSA) is 58.2 Å². The first-order valence-corrected chi connectivity index (χ1v) is 15.5. The van der Waals surface area contributed by atoms with Gasteiger partial charge in [-0.3, -0.25) is 9.59 Å². The van der Waals surface area contributed by atoms with E-state index in [0.29, 0.717) is 11.8 Å². The Labute approximate surface area is 212 Å². The fourth-order valence-electron chi connectivity index (χ4n) is 11.8. The Hall–Kier alpha value is -1.06. The molecule has 0 saturated heterocycles. The molecular formula is C31H48N2O2. The third kappa shape index (κ3) is 3.90. The summed E-state index contributed by atoms with van der Waals surface area (Å²) < 4.78 is 0. The Balaban J connectivity index is 1.11. The van der Waals surface area contributed by atoms with Gasteiger partial charge in [-0.05, 0) is 150 Å². The molecule has 4 nitrogen and oxygen atoms in total. The minimum Gasteiger partial charge on any atom is -0.353 e. The molecule has 0 heterocycles. The smallest absolute Gasteiger partial charge is 0.233 e. The lowest BCUT2D eigenvalue weighted by molar-refractivity contribution is -0.154. The minimum absolute atomic E-state index is 0.0693. The van der Waals surface area contributed by atoms with Crippen molar-refractivity contribution >= 4 is 11.8 Å². The number of fused-ring (bicyclic) bond motifs is 4. The molecule has 0 spiro atoms. The van der Waals surface area contributed by atoms with Crippen LogP contribution in [0.15, 0.2) is 0 Å². The van der Waals surface area contributed by atoms with Crippen LogP contribution in [-0.4, -0.2) is 23.9 Å². The zero-order valence-electron chi connectivity index (χ0n) is 22.1. The maximum atomic E-state index is 14.1. The van der Waals surface area contributed by atoms with Crippen molar-refractivity contribution in [1.82, 2.24) is 10.6 Å². The zero-order valence-corrected chi connectivity index (χ0v) is 22.1. The molecule has 8 saturated carbocycles. The molecule has 2 N–H and O–H groups in total. The van der Waals surface area contributed by atoms with Gasteiger partial charge in [0.05, 0.1) is 0 Å². The lowest BCUT2D eigenvalue weighted by Crippen LogP contribution is -2.59. The van der Waals surface area contributed by atoms with Gasteiger partial charge in [0.1, 0.15) is 5.92 Å². The lowest BCUT2D eigenvalue weighted by Gasteiger charge is -2.58. The van der Waals surface area contributed by atoms with Gasteiger partial charge in [-0.1, -0.05) is 12.8 Å². The summed E-state index contributed by atoms with van der Waals surface area (Å²) in [7, 11) is 0. The minimum atomic E-state index is -0.488. The molecule has 0 aromatic rings. The molecule has 0 radical (unpaired) electrons. The molecule has 194 valence electrons. The van der Waals surface area contributed by atoms with E-state index < -0.39 is 5.92 Å². The highest BCUT2D eigenvalue weighted by molar-refractivity contribution is 6.01. The monoisotopic (exact) mass is 480 g/mol. The standard InChI is InChI=1S/C31H48N2O2/c1-17(26-12-19-3-5-24(26)10-19)32-29(34)28(31-14-21-7-22(15-31)9-23(8-21)16-31)30(35)33-18(2)27-13-20-4-6-25(27)11-20/h17-28H,3-16H2,1-2H3,(H,32,34)(H,33,35). The molecule has 0 aromatic heterocycles. The van der Waals surface area contributed by atoms with E-state index in [1.165, 1.54) is 70.6 Å². The van der Waals surface area contributed by atoms with Crippen molar-refractivity contribution in [3.63, 3.8) is 0 Å². The molecule has 8 bridgehead atoms. The molecule has 8 rings (SSSR count). The first-order chi connectivity index (χ1) is 16.9. The normalized spacial score (nSPS) is 49.3. The van der Waals surface area contributed by atoms with Crippen molar-refractivity contribution in [2.75, 3.05) is 0 Å². The van der Waals surface area contributed by atoms with Crippen molar-refractivity contribution in [2.24, 2.45) is 64.6 Å². The number of carbonyl (C=O) groups excluding carboxylic acids is 2. The summed E-state index contributed by atoms with van der Waals surface area (Å²) >= 11 is 0. The first kappa shape index (κ1) is 23.1. The van der Waals surface area contributed by atoms with E-state index in [4.69, 9.17) is 0 Å². The summed E-state index contributed by atoms with van der Waals surface area (Å²) in [5.74, 6) is 6.47. The summed E-state index contributed by atoms with van der Waals surface area (Å²) in [4.78, 5) is 28.3. The molecular weight excluding hydrogens is 432 g/mol. The fourth-order valence-corrected chi connectivity index (χ4v) is 11.8. The highest BCUT2D eigenvalue weighted by atomic mass is 16.2. The molecule has 2 amide bonds. The largest absolute Gasteiger partial charge is 0.353 e. The second-order valence-corrected chi connectivity index (χ2v) is 15.0. The Morgan fingerprint density at radius 1 is 0.600 bits per heavy atom. The number of amides is 2. The van der Waals surface area contributed by atoms with E-state index in [0.717, 1.165) is 60.7 Å². The average molecular weight is 481 g/mol. The molecule has 8 unspecified atom stereocenters. The number of hydrogen-bond donors (Lipinski definition) is 2. The van der Waals surface area contributed by atoms with Crippen LogP contribution in [-0.2, 0) is 9.59 Å². The van der Waals surface area contributed by atoms with Gasteiger partial charge in [0.2, 0.25) is 11.8 Å². The van der Waals surface area contributed by atoms with Crippen LogP contribution in [0.5, 0.6) is 0 Å². The van der Waals surface area contributed by atoms with Gasteiger partial charge in [-0.25, -0.2) is 0 Å². The predicted octanol–water partition coefficient (Wildman–Crippen LogP) is 5.70. The van der Waals surface area contributed by atoms with Crippen LogP contribution >= 0.6 is 0 Å². The third-order valence-electron chi connectivity index (χ3n) is 12.8. The third-order valence-corrected chi connectivity index (χ3v) is 12.8. The van der Waals surface area contributed by atoms with Crippen molar-refractivity contribution in [1.29, 1.82) is 0 Å². The van der Waals surface area contributed by atoms with Gasteiger partial charge in [0, 0.05) is 12.1 Å². The Morgan fingerprint density at radius 2 is 1.03 bits per heavy atom. The number of rotatable bonds is 7. The van der Waals surface area contributed by atoms with Crippen LogP contribution < -0.4 is 10.6 Å². The molecule has 0 aromatic carbocycles. The summed E-state index contributed by atoms with van der Waals surface area (Å²) in [5.41, 5.74) is -0.0915. The lowest BCUT2D eigenvalue weighted by atomic mass is 9.46. The van der Waals surface area contributed by atoms with Gasteiger partial charge in [0.25, 0.3) is 0 Å². The Bertz CT molecular complexity index is 785. The summed E-state index contributed by atoms with van der Waals surface area (Å²) in [6.45, 7) is 4.46. The summed E-state index contributed by atoms with van der Waals surface area (Å²) in [6, 6.07) is 0.398. The SMILES string of the molecule is CC(NC(=O)C(C(=O)NC(C)C1CC2CCC1C2)C12CC3CC(CC(C3)C1)C2)C1CC2CCC1C2. The molecule has 0 aliphatic heterocycles. The summed E-state index contributed by atoms with van der Waals surface area (Å²) in [5, 5.41) is 6.97. The number of nitrogens with one attached hydrogen (secondary N) is 2. The van der Waals surface area contributed by atoms with Gasteiger partial charge < -0.3 is 10.6 Å². The Kier molecular flexibility index (Phi) is 5.60. The molecule has 8 fully saturated rings. The zero-order chi connectivity index (χ0) is 23.9. The maximum absolute atomic E-state index is 14.1. The molecule has 4 heteroatoms. The van der Waals surface area contributed by atoms with Crippen molar-refractivity contribution in [3.8, 4) is 0 Å². The van der Waals surface area contributed by atoms with Crippen molar-refractivity contribution < 1.29 is 9.59 Å². The van der Waals surface area contributed by atoms with Crippen LogP contribution in [0, 0.1) is 64.6 Å². The van der Waals surface area contributed by atoms with Gasteiger partial charge in [-0.2, -0.15) is 0 Å². The van der Waals surface area contributed by atoms with Crippen LogP contribution in [0.3, 0.4) is 0 Å². The van der Waals surface area contributed by atoms with E-state index in [9.17, 15) is 9.59 Å². The van der Waals surface area contributed by atoms with Crippen LogP contribution in [0.2, 0.25) is 0 Å². The van der Waals surface area contributed by atoms with E-state index in [2.05, 4.69) is 24.5 Å². The van der Waals surface area contributed by atoms with E-state index in [1.54, 1.807) is 0 Å². The molecule has 35 heavy (non-hydrogen) atoms. The second kappa shape index (κ2) is 8.48. The van der Waals surface area contributed by atoms with E-state index in [1.807, 2.05) is 0 Å². The Morgan fingerprint density at radius 3 is 1.37 bits per heavy atom. The van der Waals surface area contributed by atoms with Crippen molar-refractivity contribution in [2.45, 2.75) is 116 Å². The van der Waals surface area contributed by atoms with Crippen molar-refractivity contribution in [3.05, 3.63) is 0 Å². The highest BCUT2D eigenvalue weighted by Gasteiger charge is 2.58. The molecule has 8 aliphatic rings. The van der Waals surface area contributed by atoms with E-state index >= 15 is 0 Å². The van der Waals surface area contributed by atoms with Gasteiger partial charge in [-0.15, -0.1) is 0 Å². The maximum Gasteiger partial charge on any atom is 0.233 e. The molecule has 8 atom stereocenters. The van der Waals surface area contributed by atoms with Gasteiger partial charge >= 0.3 is 0 Å². The second-order valence-electron chi connectivity index (χ2n) is 15.0. The fraction of sp³-hybridized carbons (Fsp3) is 0.935. The van der Waals surface area contributed by atoms with Crippen LogP contribution in [0.25, 0.3) is 0 Å². The number of hydrogen-bond acceptors (Lipinski definition) is 2. The molecule has 8 aliphatic carbocycles. The van der Waals surface area contributed by atoms with Gasteiger partial charge in [0.15, 0.2) is 0 Å². The first-order valence-electron chi connectivity index (χ1n) is 15.5. The van der Waals surface area contributed by atoms with Crippen LogP contribution in [0.4, 0.5) is 0 Å². The average Bonchev–Trinajstić information content (AvgIpc) is 3.59. The predicted molar refractivity (Wildman–Crippen MR) is 137 cm³/mol. The summed E-state index contributed by atoms with van der Waals surface area (Å²) in [6.07, 6.45) is 18.1. The quantitative estimate of drug-likeness (QED) is 0.459. The highest BCUT2D eigenvalue weighted by Crippen LogP contribution is 2.63. The van der Waals surface area contributed by atoms with Crippen LogP contribution in [0.1, 0.15) is 104 Å².